The molecule has 0 aliphatic carbocycles. The van der Waals surface area contributed by atoms with Crippen LogP contribution in [0.4, 0.5) is 0 Å². The molecule has 1 atom stereocenters. The number of rotatable bonds is 4. The smallest absolute Gasteiger partial charge is 0.261 e. The molecule has 0 radical (unpaired) electrons. The second-order valence-corrected chi connectivity index (χ2v) is 7.24. The molecule has 100 valence electrons. The van der Waals surface area contributed by atoms with Crippen LogP contribution in [0.3, 0.4) is 0 Å². The zero-order valence-electron chi connectivity index (χ0n) is 10.1. The van der Waals surface area contributed by atoms with Crippen molar-refractivity contribution in [2.75, 3.05) is 19.3 Å². The van der Waals surface area contributed by atoms with E-state index in [4.69, 9.17) is 0 Å². The van der Waals surface area contributed by atoms with Gasteiger partial charge in [-0.25, -0.2) is 8.42 Å². The zero-order chi connectivity index (χ0) is 13.2. The molecule has 1 N–H and O–H groups in total. The van der Waals surface area contributed by atoms with Crippen molar-refractivity contribution in [3.63, 3.8) is 0 Å². The standard InChI is InChI=1S/C11H16N2O3S2/c1-18(15,16)13-6-2-4-9(13)8-12-11(14)10-5-3-7-17-10/h3,5,7,9H,2,4,6,8H2,1H3,(H,12,14). The highest BCUT2D eigenvalue weighted by molar-refractivity contribution is 7.88. The average Bonchev–Trinajstić information content (AvgIpc) is 2.95. The first kappa shape index (κ1) is 13.5. The van der Waals surface area contributed by atoms with E-state index in [1.54, 1.807) is 6.07 Å². The van der Waals surface area contributed by atoms with E-state index in [2.05, 4.69) is 5.32 Å². The molecule has 0 aromatic carbocycles. The molecule has 1 aromatic rings. The van der Waals surface area contributed by atoms with Crippen molar-refractivity contribution < 1.29 is 13.2 Å². The fraction of sp³-hybridized carbons (Fsp3) is 0.545. The highest BCUT2D eigenvalue weighted by Gasteiger charge is 2.31. The Balaban J connectivity index is 1.92. The maximum Gasteiger partial charge on any atom is 0.261 e. The van der Waals surface area contributed by atoms with Crippen molar-refractivity contribution in [1.29, 1.82) is 0 Å². The molecule has 7 heteroatoms. The lowest BCUT2D eigenvalue weighted by atomic mass is 10.2. The Morgan fingerprint density at radius 2 is 2.39 bits per heavy atom. The highest BCUT2D eigenvalue weighted by atomic mass is 32.2. The van der Waals surface area contributed by atoms with E-state index in [0.29, 0.717) is 18.0 Å². The molecule has 1 fully saturated rings. The molecule has 0 saturated carbocycles. The number of sulfonamides is 1. The van der Waals surface area contributed by atoms with Gasteiger partial charge in [-0.1, -0.05) is 6.07 Å². The molecule has 1 aliphatic heterocycles. The summed E-state index contributed by atoms with van der Waals surface area (Å²) >= 11 is 1.38. The fourth-order valence-electron chi connectivity index (χ4n) is 2.16. The number of hydrogen-bond donors (Lipinski definition) is 1. The van der Waals surface area contributed by atoms with Gasteiger partial charge in [0.2, 0.25) is 10.0 Å². The molecule has 1 unspecified atom stereocenters. The summed E-state index contributed by atoms with van der Waals surface area (Å²) in [6.45, 7) is 0.933. The normalized spacial score (nSPS) is 21.1. The van der Waals surface area contributed by atoms with Crippen LogP contribution in [0.25, 0.3) is 0 Å². The Bertz CT molecular complexity index is 510. The molecule has 0 spiro atoms. The molecule has 5 nitrogen and oxygen atoms in total. The van der Waals surface area contributed by atoms with Gasteiger partial charge in [0.15, 0.2) is 0 Å². The van der Waals surface area contributed by atoms with Crippen molar-refractivity contribution in [3.8, 4) is 0 Å². The van der Waals surface area contributed by atoms with Gasteiger partial charge in [-0.2, -0.15) is 4.31 Å². The van der Waals surface area contributed by atoms with Crippen LogP contribution >= 0.6 is 11.3 Å². The number of carbonyl (C=O) groups is 1. The summed E-state index contributed by atoms with van der Waals surface area (Å²) in [4.78, 5) is 12.4. The fourth-order valence-corrected chi connectivity index (χ4v) is 3.98. The van der Waals surface area contributed by atoms with Crippen LogP contribution in [-0.4, -0.2) is 44.0 Å². The van der Waals surface area contributed by atoms with E-state index < -0.39 is 10.0 Å². The Kier molecular flexibility index (Phi) is 4.04. The number of nitrogens with zero attached hydrogens (tertiary/aromatic N) is 1. The largest absolute Gasteiger partial charge is 0.350 e. The average molecular weight is 288 g/mol. The van der Waals surface area contributed by atoms with E-state index in [1.165, 1.54) is 21.9 Å². The Morgan fingerprint density at radius 3 is 3.00 bits per heavy atom. The summed E-state index contributed by atoms with van der Waals surface area (Å²) in [6, 6.07) is 3.46. The lowest BCUT2D eigenvalue weighted by molar-refractivity contribution is 0.0950. The highest BCUT2D eigenvalue weighted by Crippen LogP contribution is 2.19. The minimum absolute atomic E-state index is 0.107. The summed E-state index contributed by atoms with van der Waals surface area (Å²) < 4.78 is 24.5. The second-order valence-electron chi connectivity index (χ2n) is 4.36. The lowest BCUT2D eigenvalue weighted by Crippen LogP contribution is -2.42. The number of thiophene rings is 1. The Labute approximate surface area is 111 Å². The molecule has 1 aromatic heterocycles. The van der Waals surface area contributed by atoms with Crippen LogP contribution in [0.1, 0.15) is 22.5 Å². The molecule has 1 aliphatic rings. The van der Waals surface area contributed by atoms with E-state index in [0.717, 1.165) is 12.8 Å². The monoisotopic (exact) mass is 288 g/mol. The molecule has 1 saturated heterocycles. The molecule has 2 heterocycles. The van der Waals surface area contributed by atoms with Crippen LogP contribution in [0.15, 0.2) is 17.5 Å². The van der Waals surface area contributed by atoms with Crippen molar-refractivity contribution in [2.24, 2.45) is 0 Å². The topological polar surface area (TPSA) is 66.5 Å². The van der Waals surface area contributed by atoms with Gasteiger partial charge < -0.3 is 5.32 Å². The van der Waals surface area contributed by atoms with Gasteiger partial charge in [-0.15, -0.1) is 11.3 Å². The SMILES string of the molecule is CS(=O)(=O)N1CCCC1CNC(=O)c1cccs1. The maximum atomic E-state index is 11.8. The number of hydrogen-bond acceptors (Lipinski definition) is 4. The van der Waals surface area contributed by atoms with Crippen LogP contribution in [0.5, 0.6) is 0 Å². The van der Waals surface area contributed by atoms with Crippen molar-refractivity contribution in [2.45, 2.75) is 18.9 Å². The summed E-state index contributed by atoms with van der Waals surface area (Å²) in [7, 11) is -3.17. The molecule has 1 amide bonds. The number of nitrogens with one attached hydrogen (secondary N) is 1. The van der Waals surface area contributed by atoms with Crippen molar-refractivity contribution in [1.82, 2.24) is 9.62 Å². The van der Waals surface area contributed by atoms with Gasteiger partial charge in [-0.3, -0.25) is 4.79 Å². The first-order valence-corrected chi connectivity index (χ1v) is 8.50. The van der Waals surface area contributed by atoms with Crippen molar-refractivity contribution >= 4 is 27.3 Å². The van der Waals surface area contributed by atoms with Gasteiger partial charge in [0, 0.05) is 19.1 Å². The molecular formula is C11H16N2O3S2. The van der Waals surface area contributed by atoms with Crippen LogP contribution in [-0.2, 0) is 10.0 Å². The zero-order valence-corrected chi connectivity index (χ0v) is 11.8. The third-order valence-electron chi connectivity index (χ3n) is 2.99. The quantitative estimate of drug-likeness (QED) is 0.895. The maximum absolute atomic E-state index is 11.8. The Morgan fingerprint density at radius 1 is 1.61 bits per heavy atom. The predicted molar refractivity (Wildman–Crippen MR) is 71.2 cm³/mol. The van der Waals surface area contributed by atoms with Gasteiger partial charge in [0.1, 0.15) is 0 Å². The minimum Gasteiger partial charge on any atom is -0.350 e. The summed E-state index contributed by atoms with van der Waals surface area (Å²) in [5, 5.41) is 4.64. The molecule has 18 heavy (non-hydrogen) atoms. The second kappa shape index (κ2) is 5.38. The third kappa shape index (κ3) is 3.09. The van der Waals surface area contributed by atoms with E-state index >= 15 is 0 Å². The van der Waals surface area contributed by atoms with E-state index in [1.807, 2.05) is 11.4 Å². The first-order valence-electron chi connectivity index (χ1n) is 5.77. The predicted octanol–water partition coefficient (Wildman–Crippen LogP) is 0.902. The molecule has 2 rings (SSSR count). The number of carbonyl (C=O) groups excluding carboxylic acids is 1. The molecular weight excluding hydrogens is 272 g/mol. The first-order chi connectivity index (χ1) is 8.48. The van der Waals surface area contributed by atoms with Crippen molar-refractivity contribution in [3.05, 3.63) is 22.4 Å². The van der Waals surface area contributed by atoms with Crippen LogP contribution in [0.2, 0.25) is 0 Å². The number of amides is 1. The summed E-state index contributed by atoms with van der Waals surface area (Å²) in [6.07, 6.45) is 2.87. The molecule has 0 bridgehead atoms. The minimum atomic E-state index is -3.17. The van der Waals surface area contributed by atoms with Gasteiger partial charge in [0.05, 0.1) is 11.1 Å². The van der Waals surface area contributed by atoms with E-state index in [-0.39, 0.29) is 11.9 Å². The van der Waals surface area contributed by atoms with E-state index in [9.17, 15) is 13.2 Å². The van der Waals surface area contributed by atoms with Crippen LogP contribution in [0, 0.1) is 0 Å². The lowest BCUT2D eigenvalue weighted by Gasteiger charge is -2.22. The third-order valence-corrected chi connectivity index (χ3v) is 5.19. The summed E-state index contributed by atoms with van der Waals surface area (Å²) in [5.41, 5.74) is 0. The van der Waals surface area contributed by atoms with Crippen LogP contribution < -0.4 is 5.32 Å². The van der Waals surface area contributed by atoms with Gasteiger partial charge in [0.25, 0.3) is 5.91 Å². The van der Waals surface area contributed by atoms with Gasteiger partial charge in [-0.05, 0) is 24.3 Å². The Hall–Kier alpha value is -0.920. The summed E-state index contributed by atoms with van der Waals surface area (Å²) in [5.74, 6) is -0.134. The van der Waals surface area contributed by atoms with Gasteiger partial charge >= 0.3 is 0 Å².